The number of nitrogens with zero attached hydrogens (tertiary/aromatic N) is 1. The van der Waals surface area contributed by atoms with Gasteiger partial charge in [0.05, 0.1) is 11.7 Å². The minimum atomic E-state index is 0.0396. The summed E-state index contributed by atoms with van der Waals surface area (Å²) < 4.78 is 6.69. The van der Waals surface area contributed by atoms with E-state index in [1.54, 1.807) is 0 Å². The van der Waals surface area contributed by atoms with Crippen molar-refractivity contribution >= 4 is 21.8 Å². The van der Waals surface area contributed by atoms with Crippen molar-refractivity contribution in [3.8, 4) is 5.75 Å². The van der Waals surface area contributed by atoms with Gasteiger partial charge in [-0.1, -0.05) is 15.9 Å². The van der Waals surface area contributed by atoms with Gasteiger partial charge >= 0.3 is 0 Å². The van der Waals surface area contributed by atoms with E-state index in [4.69, 9.17) is 4.74 Å². The zero-order valence-corrected chi connectivity index (χ0v) is 13.7. The lowest BCUT2D eigenvalue weighted by atomic mass is 10.1. The highest BCUT2D eigenvalue weighted by Gasteiger charge is 2.24. The summed E-state index contributed by atoms with van der Waals surface area (Å²) in [6, 6.07) is 5.90. The third kappa shape index (κ3) is 3.73. The lowest BCUT2D eigenvalue weighted by Crippen LogP contribution is -2.51. The summed E-state index contributed by atoms with van der Waals surface area (Å²) in [5.41, 5.74) is 0.635. The van der Waals surface area contributed by atoms with E-state index in [9.17, 15) is 4.79 Å². The van der Waals surface area contributed by atoms with Crippen LogP contribution in [-0.2, 0) is 0 Å². The van der Waals surface area contributed by atoms with E-state index < -0.39 is 0 Å². The van der Waals surface area contributed by atoms with E-state index in [1.807, 2.05) is 36.9 Å². The fourth-order valence-corrected chi connectivity index (χ4v) is 2.65. The molecule has 1 N–H and O–H groups in total. The Balaban J connectivity index is 2.24. The van der Waals surface area contributed by atoms with Crippen molar-refractivity contribution < 1.29 is 9.53 Å². The van der Waals surface area contributed by atoms with Crippen LogP contribution in [0.4, 0.5) is 0 Å². The van der Waals surface area contributed by atoms with Crippen LogP contribution in [-0.4, -0.2) is 42.6 Å². The fraction of sp³-hybridized carbons (Fsp3) is 0.533. The molecule has 4 nitrogen and oxygen atoms in total. The molecule has 1 aromatic carbocycles. The highest BCUT2D eigenvalue weighted by atomic mass is 79.9. The molecule has 1 aliphatic rings. The summed E-state index contributed by atoms with van der Waals surface area (Å²) in [7, 11) is 0. The second-order valence-electron chi connectivity index (χ2n) is 5.41. The quantitative estimate of drug-likeness (QED) is 0.919. The van der Waals surface area contributed by atoms with Crippen LogP contribution < -0.4 is 10.1 Å². The van der Waals surface area contributed by atoms with Gasteiger partial charge < -0.3 is 15.0 Å². The van der Waals surface area contributed by atoms with E-state index in [1.165, 1.54) is 0 Å². The second kappa shape index (κ2) is 6.59. The Morgan fingerprint density at radius 1 is 1.50 bits per heavy atom. The maximum atomic E-state index is 12.7. The summed E-state index contributed by atoms with van der Waals surface area (Å²) >= 11 is 3.43. The van der Waals surface area contributed by atoms with Crippen molar-refractivity contribution in [3.63, 3.8) is 0 Å². The molecule has 1 heterocycles. The van der Waals surface area contributed by atoms with E-state index in [0.29, 0.717) is 17.4 Å². The van der Waals surface area contributed by atoms with E-state index in [-0.39, 0.29) is 12.0 Å². The molecule has 2 rings (SSSR count). The maximum Gasteiger partial charge on any atom is 0.257 e. The number of ether oxygens (including phenoxy) is 1. The number of amides is 1. The molecule has 0 spiro atoms. The molecule has 0 radical (unpaired) electrons. The molecule has 0 aliphatic carbocycles. The number of piperazine rings is 1. The zero-order chi connectivity index (χ0) is 14.7. The molecule has 110 valence electrons. The third-order valence-corrected chi connectivity index (χ3v) is 3.69. The van der Waals surface area contributed by atoms with E-state index in [0.717, 1.165) is 24.1 Å². The molecular weight excluding hydrogens is 320 g/mol. The minimum Gasteiger partial charge on any atom is -0.490 e. The van der Waals surface area contributed by atoms with Gasteiger partial charge in [-0.05, 0) is 39.0 Å². The van der Waals surface area contributed by atoms with Gasteiger partial charge in [-0.25, -0.2) is 0 Å². The molecular formula is C15H21BrN2O2. The van der Waals surface area contributed by atoms with Crippen molar-refractivity contribution in [2.45, 2.75) is 32.9 Å². The highest BCUT2D eigenvalue weighted by Crippen LogP contribution is 2.26. The van der Waals surface area contributed by atoms with Crippen LogP contribution in [0.2, 0.25) is 0 Å². The molecule has 0 saturated carbocycles. The van der Waals surface area contributed by atoms with Crippen molar-refractivity contribution in [3.05, 3.63) is 28.2 Å². The topological polar surface area (TPSA) is 41.6 Å². The predicted octanol–water partition coefficient (Wildman–Crippen LogP) is 2.67. The molecule has 20 heavy (non-hydrogen) atoms. The van der Waals surface area contributed by atoms with Crippen LogP contribution in [0.25, 0.3) is 0 Å². The predicted molar refractivity (Wildman–Crippen MR) is 83.3 cm³/mol. The molecule has 1 unspecified atom stereocenters. The second-order valence-corrected chi connectivity index (χ2v) is 6.33. The van der Waals surface area contributed by atoms with Crippen LogP contribution in [0.5, 0.6) is 5.75 Å². The Bertz CT molecular complexity index is 491. The Morgan fingerprint density at radius 2 is 2.25 bits per heavy atom. The first kappa shape index (κ1) is 15.3. The average Bonchev–Trinajstić information content (AvgIpc) is 2.37. The SMILES string of the molecule is CC1CN(C(=O)c2ccc(Br)cc2OC(C)C)CCN1. The van der Waals surface area contributed by atoms with Gasteiger partial charge in [0.1, 0.15) is 5.75 Å². The molecule has 1 fully saturated rings. The first-order valence-corrected chi connectivity index (χ1v) is 7.75. The van der Waals surface area contributed by atoms with Gasteiger partial charge in [-0.2, -0.15) is 0 Å². The normalized spacial score (nSPS) is 19.2. The average molecular weight is 341 g/mol. The number of halogens is 1. The van der Waals surface area contributed by atoms with Gasteiger partial charge in [0.15, 0.2) is 0 Å². The Kier molecular flexibility index (Phi) is 5.05. The summed E-state index contributed by atoms with van der Waals surface area (Å²) in [4.78, 5) is 14.5. The van der Waals surface area contributed by atoms with E-state index >= 15 is 0 Å². The number of nitrogens with one attached hydrogen (secondary N) is 1. The largest absolute Gasteiger partial charge is 0.490 e. The number of hydrogen-bond donors (Lipinski definition) is 1. The summed E-state index contributed by atoms with van der Waals surface area (Å²) in [5.74, 6) is 0.687. The number of rotatable bonds is 3. The Morgan fingerprint density at radius 3 is 2.90 bits per heavy atom. The van der Waals surface area contributed by atoms with Crippen LogP contribution in [0.3, 0.4) is 0 Å². The minimum absolute atomic E-state index is 0.0396. The van der Waals surface area contributed by atoms with Crippen LogP contribution in [0, 0.1) is 0 Å². The maximum absolute atomic E-state index is 12.7. The Hall–Kier alpha value is -1.07. The lowest BCUT2D eigenvalue weighted by Gasteiger charge is -2.32. The van der Waals surface area contributed by atoms with Crippen LogP contribution in [0.15, 0.2) is 22.7 Å². The van der Waals surface area contributed by atoms with Gasteiger partial charge in [-0.3, -0.25) is 4.79 Å². The van der Waals surface area contributed by atoms with Crippen molar-refractivity contribution in [2.75, 3.05) is 19.6 Å². The molecule has 0 bridgehead atoms. The molecule has 1 amide bonds. The number of carbonyl (C=O) groups excluding carboxylic acids is 1. The summed E-state index contributed by atoms with van der Waals surface area (Å²) in [6.07, 6.45) is 0.0396. The molecule has 0 aromatic heterocycles. The first-order chi connectivity index (χ1) is 9.47. The van der Waals surface area contributed by atoms with Crippen molar-refractivity contribution in [1.82, 2.24) is 10.2 Å². The molecule has 1 saturated heterocycles. The Labute approximate surface area is 128 Å². The highest BCUT2D eigenvalue weighted by molar-refractivity contribution is 9.10. The molecule has 1 aliphatic heterocycles. The van der Waals surface area contributed by atoms with Crippen molar-refractivity contribution in [2.24, 2.45) is 0 Å². The van der Waals surface area contributed by atoms with Crippen LogP contribution >= 0.6 is 15.9 Å². The lowest BCUT2D eigenvalue weighted by molar-refractivity contribution is 0.0703. The first-order valence-electron chi connectivity index (χ1n) is 6.96. The smallest absolute Gasteiger partial charge is 0.257 e. The number of carbonyl (C=O) groups is 1. The van der Waals surface area contributed by atoms with Gasteiger partial charge in [-0.15, -0.1) is 0 Å². The van der Waals surface area contributed by atoms with Crippen LogP contribution in [0.1, 0.15) is 31.1 Å². The fourth-order valence-electron chi connectivity index (χ4n) is 2.31. The van der Waals surface area contributed by atoms with Gasteiger partial charge in [0.2, 0.25) is 0 Å². The molecule has 1 aromatic rings. The van der Waals surface area contributed by atoms with Gasteiger partial charge in [0.25, 0.3) is 5.91 Å². The molecule has 1 atom stereocenters. The monoisotopic (exact) mass is 340 g/mol. The standard InChI is InChI=1S/C15H21BrN2O2/c1-10(2)20-14-8-12(16)4-5-13(14)15(19)18-7-6-17-11(3)9-18/h4-5,8,10-11,17H,6-7,9H2,1-3H3. The van der Waals surface area contributed by atoms with Crippen molar-refractivity contribution in [1.29, 1.82) is 0 Å². The summed E-state index contributed by atoms with van der Waals surface area (Å²) in [5, 5.41) is 3.34. The summed E-state index contributed by atoms with van der Waals surface area (Å²) in [6.45, 7) is 8.32. The molecule has 5 heteroatoms. The zero-order valence-electron chi connectivity index (χ0n) is 12.1. The van der Waals surface area contributed by atoms with Gasteiger partial charge in [0, 0.05) is 30.1 Å². The third-order valence-electron chi connectivity index (χ3n) is 3.19. The number of benzene rings is 1. The number of hydrogen-bond acceptors (Lipinski definition) is 3. The van der Waals surface area contributed by atoms with E-state index in [2.05, 4.69) is 28.2 Å².